The van der Waals surface area contributed by atoms with Gasteiger partial charge in [0.25, 0.3) is 0 Å². The Morgan fingerprint density at radius 1 is 0.417 bits per heavy atom. The van der Waals surface area contributed by atoms with Crippen molar-refractivity contribution in [2.45, 2.75) is 194 Å². The Morgan fingerprint density at radius 3 is 1.04 bits per heavy atom. The van der Waals surface area contributed by atoms with E-state index in [0.29, 0.717) is 0 Å². The molecule has 0 spiro atoms. The van der Waals surface area contributed by atoms with Crippen LogP contribution in [0.2, 0.25) is 0 Å². The lowest BCUT2D eigenvalue weighted by Crippen LogP contribution is -2.39. The summed E-state index contributed by atoms with van der Waals surface area (Å²) in [6.07, 6.45) is 48.2. The summed E-state index contributed by atoms with van der Waals surface area (Å²) in [6.45, 7) is 11.8. The van der Waals surface area contributed by atoms with E-state index >= 15 is 0 Å². The second kappa shape index (κ2) is 30.3. The molecule has 0 aromatic carbocycles. The largest absolute Gasteiger partial charge is 0.264 e. The molecule has 2 heterocycles. The van der Waals surface area contributed by atoms with Gasteiger partial charge < -0.3 is 0 Å². The molecular weight excluding hydrogens is 585 g/mol. The minimum atomic E-state index is 1.19. The molecule has 2 aliphatic heterocycles. The van der Waals surface area contributed by atoms with Crippen LogP contribution in [0.1, 0.15) is 194 Å². The van der Waals surface area contributed by atoms with E-state index in [0.717, 1.165) is 0 Å². The van der Waals surface area contributed by atoms with Crippen molar-refractivity contribution in [3.8, 4) is 0 Å². The predicted molar refractivity (Wildman–Crippen MR) is 214 cm³/mol. The summed E-state index contributed by atoms with van der Waals surface area (Å²) in [4.78, 5) is 5.43. The standard InChI is InChI=1S/C44H84N4/c1-5-7-9-11-13-15-17-19-21-23-25-27-29-31-33-35-43-45(3)37-39-47(43)41-42-48-40-38-46(4)44(48)36-34-32-30-28-26-24-22-20-18-16-14-12-10-8-6-2/h19-22H,5-18,23-42H2,1-4H3/q+2. The van der Waals surface area contributed by atoms with Gasteiger partial charge in [-0.25, -0.2) is 0 Å². The van der Waals surface area contributed by atoms with E-state index in [9.17, 15) is 0 Å². The molecule has 0 radical (unpaired) electrons. The van der Waals surface area contributed by atoms with Crippen LogP contribution in [0, 0.1) is 0 Å². The van der Waals surface area contributed by atoms with Crippen molar-refractivity contribution in [2.75, 3.05) is 53.4 Å². The van der Waals surface area contributed by atoms with Crippen molar-refractivity contribution in [3.63, 3.8) is 0 Å². The van der Waals surface area contributed by atoms with Gasteiger partial charge in [0.1, 0.15) is 39.3 Å². The second-order valence-corrected chi connectivity index (χ2v) is 15.3. The highest BCUT2D eigenvalue weighted by molar-refractivity contribution is 5.79. The molecule has 0 aromatic rings. The van der Waals surface area contributed by atoms with Gasteiger partial charge in [-0.1, -0.05) is 141 Å². The number of amidine groups is 2. The van der Waals surface area contributed by atoms with Crippen LogP contribution in [0.5, 0.6) is 0 Å². The summed E-state index contributed by atoms with van der Waals surface area (Å²) < 4.78 is 5.08. The number of likely N-dealkylation sites (N-methyl/N-ethyl adjacent to an activating group) is 2. The zero-order chi connectivity index (χ0) is 34.3. The van der Waals surface area contributed by atoms with E-state index in [1.165, 1.54) is 219 Å². The van der Waals surface area contributed by atoms with Crippen molar-refractivity contribution in [3.05, 3.63) is 24.3 Å². The average molecular weight is 669 g/mol. The van der Waals surface area contributed by atoms with Crippen molar-refractivity contribution >= 4 is 11.7 Å². The fourth-order valence-corrected chi connectivity index (χ4v) is 7.67. The zero-order valence-corrected chi connectivity index (χ0v) is 33.1. The van der Waals surface area contributed by atoms with E-state index in [-0.39, 0.29) is 0 Å². The normalized spacial score (nSPS) is 15.6. The second-order valence-electron chi connectivity index (χ2n) is 15.3. The Balaban J connectivity index is 1.49. The fourth-order valence-electron chi connectivity index (χ4n) is 7.67. The number of rotatable bonds is 33. The molecule has 0 amide bonds. The first-order chi connectivity index (χ1) is 23.7. The summed E-state index contributed by atoms with van der Waals surface area (Å²) in [7, 11) is 4.64. The van der Waals surface area contributed by atoms with Gasteiger partial charge in [-0.05, 0) is 64.2 Å². The lowest BCUT2D eigenvalue weighted by atomic mass is 10.1. The van der Waals surface area contributed by atoms with Crippen LogP contribution in [0.3, 0.4) is 0 Å². The number of hydrogen-bond donors (Lipinski definition) is 0. The summed E-state index contributed by atoms with van der Waals surface area (Å²) >= 11 is 0. The molecule has 0 N–H and O–H groups in total. The van der Waals surface area contributed by atoms with Gasteiger partial charge in [0.15, 0.2) is 0 Å². The maximum Gasteiger partial charge on any atom is 0.246 e. The Bertz CT molecular complexity index is 812. The molecule has 0 atom stereocenters. The summed E-state index contributed by atoms with van der Waals surface area (Å²) in [5.41, 5.74) is 0. The van der Waals surface area contributed by atoms with Crippen LogP contribution < -0.4 is 0 Å². The molecule has 2 rings (SSSR count). The SMILES string of the molecule is CCCCCCCCC=CCCCCCCCC1=[N+](C)CCN1CCN1CC[N+](C)=C1CCCCCCCC=CCCCCCCCC. The van der Waals surface area contributed by atoms with Gasteiger partial charge in [0, 0.05) is 12.8 Å². The molecule has 0 unspecified atom stereocenters. The minimum Gasteiger partial charge on any atom is -0.264 e. The Kier molecular flexibility index (Phi) is 26.8. The molecule has 278 valence electrons. The molecule has 0 saturated heterocycles. The minimum absolute atomic E-state index is 1.19. The lowest BCUT2D eigenvalue weighted by molar-refractivity contribution is -0.487. The molecule has 0 aliphatic carbocycles. The van der Waals surface area contributed by atoms with Crippen LogP contribution in [-0.2, 0) is 0 Å². The molecule has 0 bridgehead atoms. The zero-order valence-electron chi connectivity index (χ0n) is 33.1. The first kappa shape index (κ1) is 42.6. The molecule has 2 aliphatic rings. The molecule has 48 heavy (non-hydrogen) atoms. The fraction of sp³-hybridized carbons (Fsp3) is 0.864. The van der Waals surface area contributed by atoms with Crippen molar-refractivity contribution in [2.24, 2.45) is 0 Å². The van der Waals surface area contributed by atoms with Crippen molar-refractivity contribution in [1.29, 1.82) is 0 Å². The van der Waals surface area contributed by atoms with Crippen LogP contribution in [0.15, 0.2) is 24.3 Å². The highest BCUT2D eigenvalue weighted by atomic mass is 15.3. The molecule has 0 aromatic heterocycles. The Hall–Kier alpha value is -1.58. The third-order valence-corrected chi connectivity index (χ3v) is 11.0. The summed E-state index contributed by atoms with van der Waals surface area (Å²) in [6, 6.07) is 0. The van der Waals surface area contributed by atoms with Crippen LogP contribution >= 0.6 is 0 Å². The molecular formula is C44H84N4+2. The average Bonchev–Trinajstić information content (AvgIpc) is 3.63. The first-order valence-electron chi connectivity index (χ1n) is 21.6. The lowest BCUT2D eigenvalue weighted by Gasteiger charge is -2.17. The predicted octanol–water partition coefficient (Wildman–Crippen LogP) is 11.8. The monoisotopic (exact) mass is 669 g/mol. The van der Waals surface area contributed by atoms with Gasteiger partial charge in [0.2, 0.25) is 11.7 Å². The number of nitrogens with zero attached hydrogens (tertiary/aromatic N) is 4. The van der Waals surface area contributed by atoms with E-state index in [4.69, 9.17) is 0 Å². The maximum absolute atomic E-state index is 2.71. The quantitative estimate of drug-likeness (QED) is 0.0392. The highest BCUT2D eigenvalue weighted by Crippen LogP contribution is 2.16. The van der Waals surface area contributed by atoms with Crippen LogP contribution in [-0.4, -0.2) is 84.0 Å². The third-order valence-electron chi connectivity index (χ3n) is 11.0. The topological polar surface area (TPSA) is 12.5 Å². The van der Waals surface area contributed by atoms with Gasteiger partial charge in [-0.3, -0.25) is 19.0 Å². The van der Waals surface area contributed by atoms with Gasteiger partial charge in [0.05, 0.1) is 14.1 Å². The van der Waals surface area contributed by atoms with Crippen LogP contribution in [0.25, 0.3) is 0 Å². The van der Waals surface area contributed by atoms with Gasteiger partial charge >= 0.3 is 0 Å². The number of hydrogen-bond acceptors (Lipinski definition) is 2. The number of unbranched alkanes of at least 4 members (excludes halogenated alkanes) is 22. The molecule has 0 saturated carbocycles. The molecule has 4 nitrogen and oxygen atoms in total. The van der Waals surface area contributed by atoms with Gasteiger partial charge in [-0.2, -0.15) is 0 Å². The number of allylic oxidation sites excluding steroid dienone is 4. The summed E-state index contributed by atoms with van der Waals surface area (Å²) in [5.74, 6) is 3.22. The Labute approximate surface area is 301 Å². The van der Waals surface area contributed by atoms with Crippen LogP contribution in [0.4, 0.5) is 0 Å². The molecule has 4 heteroatoms. The Morgan fingerprint density at radius 2 is 0.708 bits per heavy atom. The van der Waals surface area contributed by atoms with Crippen molar-refractivity contribution < 1.29 is 9.15 Å². The van der Waals surface area contributed by atoms with Crippen molar-refractivity contribution in [1.82, 2.24) is 9.80 Å². The first-order valence-corrected chi connectivity index (χ1v) is 21.6. The van der Waals surface area contributed by atoms with Gasteiger partial charge in [-0.15, -0.1) is 0 Å². The van der Waals surface area contributed by atoms with E-state index < -0.39 is 0 Å². The maximum atomic E-state index is 2.71. The molecule has 0 fully saturated rings. The van der Waals surface area contributed by atoms with E-state index in [1.54, 1.807) is 11.7 Å². The van der Waals surface area contributed by atoms with E-state index in [2.05, 4.69) is 71.2 Å². The summed E-state index contributed by atoms with van der Waals surface area (Å²) in [5, 5.41) is 0. The van der Waals surface area contributed by atoms with E-state index in [1.807, 2.05) is 0 Å². The highest BCUT2D eigenvalue weighted by Gasteiger charge is 2.32. The smallest absolute Gasteiger partial charge is 0.246 e. The third kappa shape index (κ3) is 20.8.